The number of rotatable bonds is 2. The lowest BCUT2D eigenvalue weighted by molar-refractivity contribution is -0.134. The minimum Gasteiger partial charge on any atom is -0.346 e. The Labute approximate surface area is 77.0 Å². The summed E-state index contributed by atoms with van der Waals surface area (Å²) in [5, 5.41) is 0. The van der Waals surface area contributed by atoms with Gasteiger partial charge in [0.25, 0.3) is 5.91 Å². The lowest BCUT2D eigenvalue weighted by Gasteiger charge is -2.13. The molecule has 1 aromatic rings. The number of alkyl halides is 1. The van der Waals surface area contributed by atoms with E-state index >= 15 is 0 Å². The van der Waals surface area contributed by atoms with Gasteiger partial charge < -0.3 is 4.90 Å². The molecule has 0 aliphatic heterocycles. The van der Waals surface area contributed by atoms with Crippen LogP contribution < -0.4 is 0 Å². The van der Waals surface area contributed by atoms with Crippen LogP contribution in [0.2, 0.25) is 0 Å². The molecule has 1 rings (SSSR count). The van der Waals surface area contributed by atoms with E-state index in [1.165, 1.54) is 19.0 Å². The maximum absolute atomic E-state index is 13.4. The van der Waals surface area contributed by atoms with Crippen molar-refractivity contribution >= 4 is 5.91 Å². The Morgan fingerprint density at radius 3 is 2.31 bits per heavy atom. The van der Waals surface area contributed by atoms with Gasteiger partial charge in [-0.25, -0.2) is 4.39 Å². The number of halogens is 1. The highest BCUT2D eigenvalue weighted by Crippen LogP contribution is 2.18. The number of hydrogen-bond donors (Lipinski definition) is 0. The van der Waals surface area contributed by atoms with Gasteiger partial charge in [-0.05, 0) is 5.56 Å². The number of benzene rings is 1. The molecular weight excluding hydrogens is 169 g/mol. The molecule has 0 aromatic heterocycles. The Morgan fingerprint density at radius 1 is 1.31 bits per heavy atom. The predicted molar refractivity (Wildman–Crippen MR) is 49.0 cm³/mol. The number of nitrogens with zero attached hydrogens (tertiary/aromatic N) is 1. The molecule has 0 aliphatic rings. The normalized spacial score (nSPS) is 12.2. The van der Waals surface area contributed by atoms with E-state index in [4.69, 9.17) is 0 Å². The van der Waals surface area contributed by atoms with Gasteiger partial charge in [0.05, 0.1) is 0 Å². The smallest absolute Gasteiger partial charge is 0.261 e. The van der Waals surface area contributed by atoms with Crippen molar-refractivity contribution in [1.82, 2.24) is 4.90 Å². The van der Waals surface area contributed by atoms with E-state index in [0.29, 0.717) is 5.56 Å². The van der Waals surface area contributed by atoms with Crippen LogP contribution in [0.15, 0.2) is 30.3 Å². The predicted octanol–water partition coefficient (Wildman–Crippen LogP) is 1.79. The molecular formula is C10H12FNO. The van der Waals surface area contributed by atoms with E-state index in [2.05, 4.69) is 0 Å². The van der Waals surface area contributed by atoms with Crippen molar-refractivity contribution in [1.29, 1.82) is 0 Å². The van der Waals surface area contributed by atoms with E-state index < -0.39 is 12.1 Å². The van der Waals surface area contributed by atoms with Crippen molar-refractivity contribution in [2.75, 3.05) is 14.1 Å². The molecule has 1 amide bonds. The third-order valence-electron chi connectivity index (χ3n) is 1.75. The van der Waals surface area contributed by atoms with Gasteiger partial charge in [0, 0.05) is 14.1 Å². The van der Waals surface area contributed by atoms with E-state index in [9.17, 15) is 9.18 Å². The number of likely N-dealkylation sites (N-methyl/N-ethyl adjacent to an activating group) is 1. The number of carbonyl (C=O) groups excluding carboxylic acids is 1. The lowest BCUT2D eigenvalue weighted by Crippen LogP contribution is -2.25. The summed E-state index contributed by atoms with van der Waals surface area (Å²) in [6.45, 7) is 0. The van der Waals surface area contributed by atoms with Crippen molar-refractivity contribution in [3.63, 3.8) is 0 Å². The van der Waals surface area contributed by atoms with Crippen molar-refractivity contribution < 1.29 is 9.18 Å². The maximum atomic E-state index is 13.4. The Hall–Kier alpha value is -1.38. The highest BCUT2D eigenvalue weighted by atomic mass is 19.1. The zero-order valence-electron chi connectivity index (χ0n) is 7.70. The third-order valence-corrected chi connectivity index (χ3v) is 1.75. The molecule has 0 unspecified atom stereocenters. The summed E-state index contributed by atoms with van der Waals surface area (Å²) in [5.41, 5.74) is 0.404. The van der Waals surface area contributed by atoms with Crippen molar-refractivity contribution in [2.24, 2.45) is 0 Å². The van der Waals surface area contributed by atoms with Gasteiger partial charge in [0.2, 0.25) is 6.17 Å². The van der Waals surface area contributed by atoms with Crippen LogP contribution in [0.25, 0.3) is 0 Å². The van der Waals surface area contributed by atoms with Crippen LogP contribution in [0, 0.1) is 0 Å². The lowest BCUT2D eigenvalue weighted by atomic mass is 10.1. The average Bonchev–Trinajstić information content (AvgIpc) is 2.17. The fourth-order valence-electron chi connectivity index (χ4n) is 0.991. The van der Waals surface area contributed by atoms with Crippen molar-refractivity contribution in [3.8, 4) is 0 Å². The first kappa shape index (κ1) is 9.71. The molecule has 1 aromatic carbocycles. The van der Waals surface area contributed by atoms with Crippen LogP contribution >= 0.6 is 0 Å². The molecule has 1 atom stereocenters. The summed E-state index contributed by atoms with van der Waals surface area (Å²) < 4.78 is 13.4. The van der Waals surface area contributed by atoms with Crippen LogP contribution in [0.1, 0.15) is 11.7 Å². The fraction of sp³-hybridized carbons (Fsp3) is 0.300. The van der Waals surface area contributed by atoms with Crippen LogP contribution in [0.3, 0.4) is 0 Å². The summed E-state index contributed by atoms with van der Waals surface area (Å²) in [6, 6.07) is 8.42. The first-order chi connectivity index (χ1) is 6.13. The molecule has 0 radical (unpaired) electrons. The highest BCUT2D eigenvalue weighted by molar-refractivity contribution is 5.81. The van der Waals surface area contributed by atoms with Crippen LogP contribution in [-0.4, -0.2) is 24.9 Å². The van der Waals surface area contributed by atoms with Gasteiger partial charge >= 0.3 is 0 Å². The summed E-state index contributed by atoms with van der Waals surface area (Å²) >= 11 is 0. The molecule has 0 saturated heterocycles. The van der Waals surface area contributed by atoms with E-state index in [-0.39, 0.29) is 0 Å². The molecule has 2 nitrogen and oxygen atoms in total. The summed E-state index contributed by atoms with van der Waals surface area (Å²) in [6.07, 6.45) is -1.55. The van der Waals surface area contributed by atoms with Gasteiger partial charge in [-0.3, -0.25) is 4.79 Å². The zero-order chi connectivity index (χ0) is 9.84. The Bertz CT molecular complexity index is 284. The molecule has 0 bridgehead atoms. The number of carbonyl (C=O) groups is 1. The Morgan fingerprint density at radius 2 is 1.85 bits per heavy atom. The van der Waals surface area contributed by atoms with Gasteiger partial charge in [-0.2, -0.15) is 0 Å². The summed E-state index contributed by atoms with van der Waals surface area (Å²) in [7, 11) is 3.08. The highest BCUT2D eigenvalue weighted by Gasteiger charge is 2.20. The monoisotopic (exact) mass is 181 g/mol. The minimum atomic E-state index is -1.55. The molecule has 0 N–H and O–H groups in total. The molecule has 70 valence electrons. The average molecular weight is 181 g/mol. The quantitative estimate of drug-likeness (QED) is 0.681. The SMILES string of the molecule is CN(C)C(=O)[C@H](F)c1ccccc1. The second kappa shape index (κ2) is 4.03. The first-order valence-corrected chi connectivity index (χ1v) is 4.03. The Balaban J connectivity index is 2.80. The molecule has 0 heterocycles. The minimum absolute atomic E-state index is 0.404. The maximum Gasteiger partial charge on any atom is 0.261 e. The van der Waals surface area contributed by atoms with Crippen LogP contribution in [0.5, 0.6) is 0 Å². The standard InChI is InChI=1S/C10H12FNO/c1-12(2)10(13)9(11)8-6-4-3-5-7-8/h3-7,9H,1-2H3/t9-/m1/s1. The van der Waals surface area contributed by atoms with Gasteiger partial charge in [0.1, 0.15) is 0 Å². The topological polar surface area (TPSA) is 20.3 Å². The van der Waals surface area contributed by atoms with Gasteiger partial charge in [0.15, 0.2) is 0 Å². The first-order valence-electron chi connectivity index (χ1n) is 4.03. The molecule has 0 spiro atoms. The molecule has 3 heteroatoms. The van der Waals surface area contributed by atoms with E-state index in [1.54, 1.807) is 30.3 Å². The number of amides is 1. The molecule has 0 aliphatic carbocycles. The second-order valence-electron chi connectivity index (χ2n) is 3.01. The van der Waals surface area contributed by atoms with E-state index in [1.807, 2.05) is 0 Å². The Kier molecular flexibility index (Phi) is 3.01. The second-order valence-corrected chi connectivity index (χ2v) is 3.01. The molecule has 0 saturated carbocycles. The largest absolute Gasteiger partial charge is 0.346 e. The zero-order valence-corrected chi connectivity index (χ0v) is 7.70. The van der Waals surface area contributed by atoms with Gasteiger partial charge in [-0.15, -0.1) is 0 Å². The van der Waals surface area contributed by atoms with Crippen LogP contribution in [0.4, 0.5) is 4.39 Å². The third kappa shape index (κ3) is 2.28. The van der Waals surface area contributed by atoms with Crippen molar-refractivity contribution in [2.45, 2.75) is 6.17 Å². The van der Waals surface area contributed by atoms with Crippen LogP contribution in [-0.2, 0) is 4.79 Å². The van der Waals surface area contributed by atoms with Gasteiger partial charge in [-0.1, -0.05) is 30.3 Å². The van der Waals surface area contributed by atoms with E-state index in [0.717, 1.165) is 0 Å². The fourth-order valence-corrected chi connectivity index (χ4v) is 0.991. The molecule has 13 heavy (non-hydrogen) atoms. The summed E-state index contributed by atoms with van der Waals surface area (Å²) in [4.78, 5) is 12.4. The summed E-state index contributed by atoms with van der Waals surface area (Å²) in [5.74, 6) is -0.522. The number of hydrogen-bond acceptors (Lipinski definition) is 1. The molecule has 0 fully saturated rings. The van der Waals surface area contributed by atoms with Crippen molar-refractivity contribution in [3.05, 3.63) is 35.9 Å².